The normalized spacial score (nSPS) is 17.7. The van der Waals surface area contributed by atoms with Crippen molar-refractivity contribution >= 4 is 38.3 Å². The zero-order valence-electron chi connectivity index (χ0n) is 16.6. The molecule has 3 aromatic carbocycles. The summed E-state index contributed by atoms with van der Waals surface area (Å²) in [5.74, 6) is -0.185. The lowest BCUT2D eigenvalue weighted by molar-refractivity contribution is 0.0923. The van der Waals surface area contributed by atoms with Gasteiger partial charge in [-0.1, -0.05) is 54.1 Å². The van der Waals surface area contributed by atoms with Crippen molar-refractivity contribution < 1.29 is 13.2 Å². The second-order valence-corrected chi connectivity index (χ2v) is 9.88. The molecule has 1 heterocycles. The number of amides is 1. The molecule has 0 radical (unpaired) electrons. The number of nitrogens with one attached hydrogen (secondary N) is 1. The highest BCUT2D eigenvalue weighted by atomic mass is 35.5. The maximum atomic E-state index is 13.2. The quantitative estimate of drug-likeness (QED) is 0.651. The van der Waals surface area contributed by atoms with Crippen LogP contribution in [-0.2, 0) is 10.0 Å². The van der Waals surface area contributed by atoms with Crippen LogP contribution in [0.4, 0.5) is 0 Å². The number of hydrogen-bond donors (Lipinski definition) is 1. The molecule has 7 heteroatoms. The van der Waals surface area contributed by atoms with E-state index in [0.29, 0.717) is 29.1 Å². The Kier molecular flexibility index (Phi) is 5.82. The van der Waals surface area contributed by atoms with E-state index in [4.69, 9.17) is 11.6 Å². The fraction of sp³-hybridized carbons (Fsp3) is 0.261. The molecule has 1 N–H and O–H groups in total. The Morgan fingerprint density at radius 2 is 1.80 bits per heavy atom. The second kappa shape index (κ2) is 8.38. The highest BCUT2D eigenvalue weighted by Crippen LogP contribution is 2.27. The van der Waals surface area contributed by atoms with Crippen LogP contribution in [0.15, 0.2) is 65.6 Å². The topological polar surface area (TPSA) is 66.5 Å². The Balaban J connectivity index is 1.54. The Bertz CT molecular complexity index is 1200. The van der Waals surface area contributed by atoms with Gasteiger partial charge in [-0.2, -0.15) is 4.31 Å². The second-order valence-electron chi connectivity index (χ2n) is 7.57. The van der Waals surface area contributed by atoms with Gasteiger partial charge < -0.3 is 5.32 Å². The third-order valence-electron chi connectivity index (χ3n) is 5.59. The van der Waals surface area contributed by atoms with Crippen molar-refractivity contribution in [2.45, 2.75) is 30.7 Å². The van der Waals surface area contributed by atoms with Crippen LogP contribution in [0.25, 0.3) is 10.8 Å². The number of carbonyl (C=O) groups excluding carboxylic acids is 1. The van der Waals surface area contributed by atoms with Gasteiger partial charge in [0.1, 0.15) is 0 Å². The first-order valence-electron chi connectivity index (χ1n) is 9.92. The summed E-state index contributed by atoms with van der Waals surface area (Å²) in [6.07, 6.45) is 1.41. The first-order valence-corrected chi connectivity index (χ1v) is 11.7. The van der Waals surface area contributed by atoms with E-state index >= 15 is 0 Å². The molecule has 1 atom stereocenters. The maximum absolute atomic E-state index is 13.2. The van der Waals surface area contributed by atoms with Crippen molar-refractivity contribution in [3.63, 3.8) is 0 Å². The Labute approximate surface area is 181 Å². The summed E-state index contributed by atoms with van der Waals surface area (Å²) in [5.41, 5.74) is 1.14. The summed E-state index contributed by atoms with van der Waals surface area (Å²) in [7, 11) is -3.69. The molecule has 156 valence electrons. The molecule has 30 heavy (non-hydrogen) atoms. The predicted molar refractivity (Wildman–Crippen MR) is 119 cm³/mol. The van der Waals surface area contributed by atoms with E-state index in [9.17, 15) is 13.2 Å². The van der Waals surface area contributed by atoms with E-state index in [0.717, 1.165) is 17.2 Å². The van der Waals surface area contributed by atoms with Gasteiger partial charge in [-0.3, -0.25) is 4.79 Å². The fourth-order valence-electron chi connectivity index (χ4n) is 3.97. The average molecular weight is 443 g/mol. The van der Waals surface area contributed by atoms with Crippen molar-refractivity contribution in [3.05, 3.63) is 76.8 Å². The van der Waals surface area contributed by atoms with Crippen molar-refractivity contribution in [1.82, 2.24) is 9.62 Å². The lowest BCUT2D eigenvalue weighted by atomic mass is 10.0. The molecule has 5 nitrogen and oxygen atoms in total. The highest BCUT2D eigenvalue weighted by molar-refractivity contribution is 7.89. The summed E-state index contributed by atoms with van der Waals surface area (Å²) in [6.45, 7) is 2.37. The van der Waals surface area contributed by atoms with Gasteiger partial charge in [-0.15, -0.1) is 0 Å². The number of halogens is 1. The van der Waals surface area contributed by atoms with Crippen LogP contribution in [0, 0.1) is 6.92 Å². The number of hydrogen-bond acceptors (Lipinski definition) is 3. The van der Waals surface area contributed by atoms with Crippen LogP contribution in [-0.4, -0.2) is 37.8 Å². The van der Waals surface area contributed by atoms with Gasteiger partial charge in [0.05, 0.1) is 4.90 Å². The standard InChI is InChI=1S/C23H23ClN2O3S/c1-16-21(24)12-5-13-22(16)30(28,29)26-14-6-9-18(15-26)25-23(27)20-11-4-8-17-7-2-3-10-19(17)20/h2-5,7-8,10-13,18H,6,9,14-15H2,1H3,(H,25,27)/t18-/m0/s1. The summed E-state index contributed by atoms with van der Waals surface area (Å²) >= 11 is 6.13. The molecule has 4 rings (SSSR count). The zero-order chi connectivity index (χ0) is 21.3. The van der Waals surface area contributed by atoms with Crippen LogP contribution in [0.2, 0.25) is 5.02 Å². The molecule has 1 aliphatic heterocycles. The predicted octanol–water partition coefficient (Wildman–Crippen LogP) is 4.38. The molecular formula is C23H23ClN2O3S. The van der Waals surface area contributed by atoms with Gasteiger partial charge in [0, 0.05) is 29.7 Å². The van der Waals surface area contributed by atoms with Gasteiger partial charge in [0.15, 0.2) is 0 Å². The minimum Gasteiger partial charge on any atom is -0.348 e. The molecule has 1 saturated heterocycles. The molecular weight excluding hydrogens is 420 g/mol. The largest absolute Gasteiger partial charge is 0.348 e. The summed E-state index contributed by atoms with van der Waals surface area (Å²) in [5, 5.41) is 5.34. The fourth-order valence-corrected chi connectivity index (χ4v) is 5.97. The summed E-state index contributed by atoms with van der Waals surface area (Å²) in [4.78, 5) is 13.2. The maximum Gasteiger partial charge on any atom is 0.252 e. The van der Waals surface area contributed by atoms with Gasteiger partial charge in [0.2, 0.25) is 10.0 Å². The average Bonchev–Trinajstić information content (AvgIpc) is 2.75. The third-order valence-corrected chi connectivity index (χ3v) is 8.01. The molecule has 0 unspecified atom stereocenters. The van der Waals surface area contributed by atoms with Crippen LogP contribution >= 0.6 is 11.6 Å². The van der Waals surface area contributed by atoms with Crippen molar-refractivity contribution in [3.8, 4) is 0 Å². The minimum absolute atomic E-state index is 0.185. The zero-order valence-corrected chi connectivity index (χ0v) is 18.2. The van der Waals surface area contributed by atoms with Gasteiger partial charge in [-0.25, -0.2) is 8.42 Å². The molecule has 0 aromatic heterocycles. The molecule has 0 spiro atoms. The van der Waals surface area contributed by atoms with E-state index in [2.05, 4.69) is 5.32 Å². The molecule has 1 aliphatic rings. The molecule has 0 saturated carbocycles. The van der Waals surface area contributed by atoms with E-state index in [-0.39, 0.29) is 23.4 Å². The molecule has 0 bridgehead atoms. The minimum atomic E-state index is -3.69. The number of carbonyl (C=O) groups is 1. The number of rotatable bonds is 4. The molecule has 1 fully saturated rings. The van der Waals surface area contributed by atoms with E-state index in [1.807, 2.05) is 36.4 Å². The Morgan fingerprint density at radius 3 is 2.63 bits per heavy atom. The van der Waals surface area contributed by atoms with Gasteiger partial charge >= 0.3 is 0 Å². The van der Waals surface area contributed by atoms with E-state index in [1.54, 1.807) is 31.2 Å². The van der Waals surface area contributed by atoms with Crippen LogP contribution in [0.1, 0.15) is 28.8 Å². The van der Waals surface area contributed by atoms with Gasteiger partial charge in [-0.05, 0) is 54.3 Å². The van der Waals surface area contributed by atoms with Crippen LogP contribution in [0.3, 0.4) is 0 Å². The lowest BCUT2D eigenvalue weighted by Gasteiger charge is -2.32. The first-order chi connectivity index (χ1) is 14.4. The number of sulfonamides is 1. The van der Waals surface area contributed by atoms with Gasteiger partial charge in [0.25, 0.3) is 5.91 Å². The Morgan fingerprint density at radius 1 is 1.07 bits per heavy atom. The highest BCUT2D eigenvalue weighted by Gasteiger charge is 2.32. The monoisotopic (exact) mass is 442 g/mol. The number of nitrogens with zero attached hydrogens (tertiary/aromatic N) is 1. The molecule has 3 aromatic rings. The van der Waals surface area contributed by atoms with E-state index in [1.165, 1.54) is 4.31 Å². The SMILES string of the molecule is Cc1c(Cl)cccc1S(=O)(=O)N1CCC[C@H](NC(=O)c2cccc3ccccc23)C1. The van der Waals surface area contributed by atoms with Crippen molar-refractivity contribution in [1.29, 1.82) is 0 Å². The van der Waals surface area contributed by atoms with Crippen LogP contribution in [0.5, 0.6) is 0 Å². The molecule has 0 aliphatic carbocycles. The van der Waals surface area contributed by atoms with Crippen LogP contribution < -0.4 is 5.32 Å². The number of fused-ring (bicyclic) bond motifs is 1. The number of piperidine rings is 1. The first kappa shape index (κ1) is 20.8. The smallest absolute Gasteiger partial charge is 0.252 e. The Hall–Kier alpha value is -2.41. The van der Waals surface area contributed by atoms with Crippen molar-refractivity contribution in [2.24, 2.45) is 0 Å². The lowest BCUT2D eigenvalue weighted by Crippen LogP contribution is -2.49. The van der Waals surface area contributed by atoms with Crippen molar-refractivity contribution in [2.75, 3.05) is 13.1 Å². The number of benzene rings is 3. The van der Waals surface area contributed by atoms with E-state index < -0.39 is 10.0 Å². The third kappa shape index (κ3) is 3.95. The summed E-state index contributed by atoms with van der Waals surface area (Å²) in [6, 6.07) is 18.0. The molecule has 1 amide bonds. The summed E-state index contributed by atoms with van der Waals surface area (Å²) < 4.78 is 27.8.